The van der Waals surface area contributed by atoms with Crippen molar-refractivity contribution >= 4 is 29.1 Å². The first kappa shape index (κ1) is 13.5. The van der Waals surface area contributed by atoms with E-state index in [0.717, 1.165) is 5.56 Å². The zero-order chi connectivity index (χ0) is 13.2. The molecule has 1 aliphatic rings. The molecule has 5 nitrogen and oxygen atoms in total. The van der Waals surface area contributed by atoms with Gasteiger partial charge in [-0.2, -0.15) is 0 Å². The number of nitrogens with one attached hydrogen (secondary N) is 2. The number of pyridine rings is 1. The molecule has 0 atom stereocenters. The largest absolute Gasteiger partial charge is 0.379 e. The first-order chi connectivity index (χ1) is 8.55. The van der Waals surface area contributed by atoms with Crippen LogP contribution in [0.5, 0.6) is 0 Å². The second-order valence-corrected chi connectivity index (χ2v) is 5.02. The molecule has 0 bridgehead atoms. The molecule has 0 aliphatic carbocycles. The molecule has 2 rings (SSSR count). The maximum absolute atomic E-state index is 11.7. The van der Waals surface area contributed by atoms with Gasteiger partial charge in [0, 0.05) is 13.5 Å². The summed E-state index contributed by atoms with van der Waals surface area (Å²) < 4.78 is 5.24. The van der Waals surface area contributed by atoms with Crippen LogP contribution in [-0.2, 0) is 14.9 Å². The number of halogens is 2. The van der Waals surface area contributed by atoms with Gasteiger partial charge in [0.1, 0.15) is 10.3 Å². The van der Waals surface area contributed by atoms with Crippen LogP contribution in [0.1, 0.15) is 12.0 Å². The van der Waals surface area contributed by atoms with Crippen LogP contribution in [-0.4, -0.2) is 31.2 Å². The van der Waals surface area contributed by atoms with Gasteiger partial charge in [-0.25, -0.2) is 10.4 Å². The molecule has 0 aromatic carbocycles. The van der Waals surface area contributed by atoms with Crippen molar-refractivity contribution in [1.29, 1.82) is 0 Å². The maximum Gasteiger partial charge on any atom is 0.235 e. The average Bonchev–Trinajstić information content (AvgIpc) is 2.22. The van der Waals surface area contributed by atoms with Crippen LogP contribution >= 0.6 is 23.2 Å². The molecular formula is C11H13Cl2N3O2. The van der Waals surface area contributed by atoms with Crippen molar-refractivity contribution in [2.75, 3.05) is 20.3 Å². The second kappa shape index (κ2) is 5.40. The molecule has 1 saturated heterocycles. The van der Waals surface area contributed by atoms with Gasteiger partial charge in [-0.1, -0.05) is 23.2 Å². The molecule has 1 fully saturated rings. The Balaban J connectivity index is 2.23. The SMILES string of the molecule is CNNC(=O)CC1(c2cc(Cl)nc(Cl)c2)COC1. The number of carbonyl (C=O) groups is 1. The van der Waals surface area contributed by atoms with E-state index in [4.69, 9.17) is 27.9 Å². The summed E-state index contributed by atoms with van der Waals surface area (Å²) in [5.74, 6) is -0.107. The van der Waals surface area contributed by atoms with E-state index in [2.05, 4.69) is 15.8 Å². The molecule has 0 radical (unpaired) electrons. The van der Waals surface area contributed by atoms with Gasteiger partial charge in [-0.3, -0.25) is 10.2 Å². The molecule has 1 aromatic rings. The highest BCUT2D eigenvalue weighted by Crippen LogP contribution is 2.37. The van der Waals surface area contributed by atoms with Gasteiger partial charge >= 0.3 is 0 Å². The highest BCUT2D eigenvalue weighted by atomic mass is 35.5. The Morgan fingerprint density at radius 2 is 2.06 bits per heavy atom. The minimum Gasteiger partial charge on any atom is -0.379 e. The van der Waals surface area contributed by atoms with E-state index >= 15 is 0 Å². The van der Waals surface area contributed by atoms with Gasteiger partial charge < -0.3 is 4.74 Å². The standard InChI is InChI=1S/C11H13Cl2N3O2/c1-14-16-10(17)4-11(5-18-6-11)7-2-8(12)15-9(13)3-7/h2-3,14H,4-6H2,1H3,(H,16,17). The van der Waals surface area contributed by atoms with Crippen molar-refractivity contribution in [3.8, 4) is 0 Å². The first-order valence-corrected chi connectivity index (χ1v) is 6.18. The van der Waals surface area contributed by atoms with Crippen molar-refractivity contribution in [3.63, 3.8) is 0 Å². The lowest BCUT2D eigenvalue weighted by Crippen LogP contribution is -2.51. The Kier molecular flexibility index (Phi) is 4.07. The fourth-order valence-corrected chi connectivity index (χ4v) is 2.44. The minimum absolute atomic E-state index is 0.107. The van der Waals surface area contributed by atoms with Crippen LogP contribution in [0.3, 0.4) is 0 Å². The number of amides is 1. The minimum atomic E-state index is -0.364. The number of hydrogen-bond acceptors (Lipinski definition) is 4. The van der Waals surface area contributed by atoms with E-state index in [-0.39, 0.29) is 11.3 Å². The van der Waals surface area contributed by atoms with E-state index in [9.17, 15) is 4.79 Å². The summed E-state index contributed by atoms with van der Waals surface area (Å²) in [7, 11) is 1.64. The van der Waals surface area contributed by atoms with E-state index in [0.29, 0.717) is 29.9 Å². The zero-order valence-corrected chi connectivity index (χ0v) is 11.3. The zero-order valence-electron chi connectivity index (χ0n) is 9.80. The first-order valence-electron chi connectivity index (χ1n) is 5.43. The molecule has 1 aromatic heterocycles. The van der Waals surface area contributed by atoms with E-state index in [1.807, 2.05) is 0 Å². The Labute approximate surface area is 115 Å². The summed E-state index contributed by atoms with van der Waals surface area (Å²) in [6, 6.07) is 3.45. The van der Waals surface area contributed by atoms with Gasteiger partial charge in [0.15, 0.2) is 0 Å². The topological polar surface area (TPSA) is 63.2 Å². The highest BCUT2D eigenvalue weighted by Gasteiger charge is 2.42. The number of aromatic nitrogens is 1. The van der Waals surface area contributed by atoms with E-state index in [1.165, 1.54) is 0 Å². The number of hydrogen-bond donors (Lipinski definition) is 2. The quantitative estimate of drug-likeness (QED) is 0.648. The third kappa shape index (κ3) is 2.75. The maximum atomic E-state index is 11.7. The lowest BCUT2D eigenvalue weighted by Gasteiger charge is -2.41. The fraction of sp³-hybridized carbons (Fsp3) is 0.455. The van der Waals surface area contributed by atoms with Gasteiger partial charge in [-0.05, 0) is 17.7 Å². The smallest absolute Gasteiger partial charge is 0.235 e. The lowest BCUT2D eigenvalue weighted by molar-refractivity contribution is -0.130. The number of hydrazine groups is 1. The van der Waals surface area contributed by atoms with Crippen molar-refractivity contribution in [3.05, 3.63) is 28.0 Å². The summed E-state index contributed by atoms with van der Waals surface area (Å²) in [5, 5.41) is 0.635. The van der Waals surface area contributed by atoms with Crippen LogP contribution in [0.25, 0.3) is 0 Å². The molecule has 0 spiro atoms. The summed E-state index contributed by atoms with van der Waals surface area (Å²) in [5.41, 5.74) is 5.67. The number of carbonyl (C=O) groups excluding carboxylic acids is 1. The van der Waals surface area contributed by atoms with Crippen molar-refractivity contribution in [1.82, 2.24) is 15.8 Å². The summed E-state index contributed by atoms with van der Waals surface area (Å²) in [6.07, 6.45) is 0.310. The molecule has 1 amide bonds. The molecular weight excluding hydrogens is 277 g/mol. The Bertz CT molecular complexity index is 443. The van der Waals surface area contributed by atoms with Gasteiger partial charge in [0.25, 0.3) is 0 Å². The average molecular weight is 290 g/mol. The monoisotopic (exact) mass is 289 g/mol. The predicted octanol–water partition coefficient (Wildman–Crippen LogP) is 1.30. The van der Waals surface area contributed by atoms with Crippen LogP contribution in [0, 0.1) is 0 Å². The fourth-order valence-electron chi connectivity index (χ4n) is 1.98. The number of rotatable bonds is 4. The third-order valence-corrected chi connectivity index (χ3v) is 3.28. The molecule has 0 unspecified atom stereocenters. The summed E-state index contributed by atoms with van der Waals surface area (Å²) in [6.45, 7) is 0.946. The van der Waals surface area contributed by atoms with Crippen molar-refractivity contribution in [2.24, 2.45) is 0 Å². The number of ether oxygens (including phenoxy) is 1. The Morgan fingerprint density at radius 3 is 2.50 bits per heavy atom. The molecule has 18 heavy (non-hydrogen) atoms. The second-order valence-electron chi connectivity index (χ2n) is 4.25. The molecule has 1 aliphatic heterocycles. The van der Waals surface area contributed by atoms with Crippen LogP contribution in [0.4, 0.5) is 0 Å². The van der Waals surface area contributed by atoms with Crippen LogP contribution in [0.2, 0.25) is 10.3 Å². The number of nitrogens with zero attached hydrogens (tertiary/aromatic N) is 1. The van der Waals surface area contributed by atoms with Gasteiger partial charge in [0.05, 0.1) is 18.6 Å². The molecule has 98 valence electrons. The summed E-state index contributed by atoms with van der Waals surface area (Å²) in [4.78, 5) is 15.6. The highest BCUT2D eigenvalue weighted by molar-refractivity contribution is 6.32. The van der Waals surface area contributed by atoms with Gasteiger partial charge in [-0.15, -0.1) is 0 Å². The van der Waals surface area contributed by atoms with Crippen molar-refractivity contribution in [2.45, 2.75) is 11.8 Å². The Morgan fingerprint density at radius 1 is 1.44 bits per heavy atom. The van der Waals surface area contributed by atoms with Gasteiger partial charge in [0.2, 0.25) is 5.91 Å². The van der Waals surface area contributed by atoms with Crippen LogP contribution < -0.4 is 10.9 Å². The molecule has 0 saturated carbocycles. The summed E-state index contributed by atoms with van der Waals surface area (Å²) >= 11 is 11.8. The molecule has 2 N–H and O–H groups in total. The predicted molar refractivity (Wildman–Crippen MR) is 68.6 cm³/mol. The third-order valence-electron chi connectivity index (χ3n) is 2.90. The van der Waals surface area contributed by atoms with Crippen LogP contribution in [0.15, 0.2) is 12.1 Å². The van der Waals surface area contributed by atoms with Crippen molar-refractivity contribution < 1.29 is 9.53 Å². The van der Waals surface area contributed by atoms with E-state index in [1.54, 1.807) is 19.2 Å². The molecule has 2 heterocycles. The lowest BCUT2D eigenvalue weighted by atomic mass is 9.76. The van der Waals surface area contributed by atoms with E-state index < -0.39 is 0 Å². The molecule has 7 heteroatoms. The normalized spacial score (nSPS) is 17.1. The Hall–Kier alpha value is -0.880.